The van der Waals surface area contributed by atoms with Gasteiger partial charge in [0, 0.05) is 12.5 Å². The van der Waals surface area contributed by atoms with E-state index in [-0.39, 0.29) is 5.97 Å². The Balaban J connectivity index is 2.11. The van der Waals surface area contributed by atoms with Gasteiger partial charge in [-0.25, -0.2) is 0 Å². The minimum Gasteiger partial charge on any atom is -0.464 e. The maximum absolute atomic E-state index is 11.4. The molecule has 1 aliphatic heterocycles. The van der Waals surface area contributed by atoms with Crippen molar-refractivity contribution in [2.75, 3.05) is 19.8 Å². The van der Waals surface area contributed by atoms with E-state index in [0.29, 0.717) is 19.1 Å². The predicted molar refractivity (Wildman–Crippen MR) is 57.4 cm³/mol. The summed E-state index contributed by atoms with van der Waals surface area (Å²) in [6, 6.07) is -0.452. The van der Waals surface area contributed by atoms with Crippen LogP contribution in [0.25, 0.3) is 0 Å². The summed E-state index contributed by atoms with van der Waals surface area (Å²) in [5.41, 5.74) is 5.68. The zero-order valence-electron chi connectivity index (χ0n) is 9.41. The number of rotatable bonds is 6. The summed E-state index contributed by atoms with van der Waals surface area (Å²) in [4.78, 5) is 11.4. The molecule has 0 aromatic carbocycles. The molecule has 2 unspecified atom stereocenters. The monoisotopic (exact) mass is 215 g/mol. The largest absolute Gasteiger partial charge is 0.464 e. The van der Waals surface area contributed by atoms with E-state index >= 15 is 0 Å². The molecule has 0 bridgehead atoms. The van der Waals surface area contributed by atoms with Gasteiger partial charge >= 0.3 is 5.97 Å². The van der Waals surface area contributed by atoms with Gasteiger partial charge in [-0.3, -0.25) is 4.79 Å². The third-order valence-electron chi connectivity index (χ3n) is 2.66. The first-order valence-corrected chi connectivity index (χ1v) is 5.74. The van der Waals surface area contributed by atoms with E-state index in [1.165, 1.54) is 0 Å². The Labute approximate surface area is 91.1 Å². The van der Waals surface area contributed by atoms with E-state index in [9.17, 15) is 4.79 Å². The molecule has 1 rings (SSSR count). The fourth-order valence-electron chi connectivity index (χ4n) is 1.56. The zero-order valence-corrected chi connectivity index (χ0v) is 9.41. The Hall–Kier alpha value is -0.610. The highest BCUT2D eigenvalue weighted by molar-refractivity contribution is 5.75. The van der Waals surface area contributed by atoms with Gasteiger partial charge in [-0.05, 0) is 12.8 Å². The van der Waals surface area contributed by atoms with Gasteiger partial charge in [0.05, 0.1) is 13.2 Å². The summed E-state index contributed by atoms with van der Waals surface area (Å²) in [7, 11) is 0. The number of carbonyl (C=O) groups excluding carboxylic acids is 1. The van der Waals surface area contributed by atoms with Crippen LogP contribution in [0.2, 0.25) is 0 Å². The van der Waals surface area contributed by atoms with Crippen LogP contribution in [-0.2, 0) is 14.3 Å². The molecule has 1 aliphatic rings. The predicted octanol–water partition coefficient (Wildman–Crippen LogP) is 1.08. The van der Waals surface area contributed by atoms with Gasteiger partial charge in [0.1, 0.15) is 6.04 Å². The van der Waals surface area contributed by atoms with Crippen LogP contribution >= 0.6 is 0 Å². The third kappa shape index (κ3) is 4.62. The molecular formula is C11H21NO3. The molecule has 4 nitrogen and oxygen atoms in total. The van der Waals surface area contributed by atoms with Gasteiger partial charge in [0.25, 0.3) is 0 Å². The molecule has 0 spiro atoms. The molecule has 2 atom stereocenters. The maximum Gasteiger partial charge on any atom is 0.322 e. The highest BCUT2D eigenvalue weighted by atomic mass is 16.5. The average molecular weight is 215 g/mol. The highest BCUT2D eigenvalue weighted by Gasteiger charge is 2.20. The Morgan fingerprint density at radius 3 is 3.07 bits per heavy atom. The lowest BCUT2D eigenvalue weighted by Gasteiger charge is -2.13. The Bertz CT molecular complexity index is 190. The van der Waals surface area contributed by atoms with Gasteiger partial charge in [-0.2, -0.15) is 0 Å². The Morgan fingerprint density at radius 1 is 1.67 bits per heavy atom. The van der Waals surface area contributed by atoms with Crippen LogP contribution < -0.4 is 5.73 Å². The molecule has 4 heteroatoms. The summed E-state index contributed by atoms with van der Waals surface area (Å²) < 4.78 is 10.3. The van der Waals surface area contributed by atoms with Gasteiger partial charge in [0.15, 0.2) is 0 Å². The van der Waals surface area contributed by atoms with Gasteiger partial charge in [-0.15, -0.1) is 0 Å². The first kappa shape index (κ1) is 12.5. The smallest absolute Gasteiger partial charge is 0.322 e. The highest BCUT2D eigenvalue weighted by Crippen LogP contribution is 2.12. The molecule has 1 heterocycles. The number of esters is 1. The van der Waals surface area contributed by atoms with Crippen LogP contribution in [0.3, 0.4) is 0 Å². The number of hydrogen-bond donors (Lipinski definition) is 1. The minimum absolute atomic E-state index is 0.268. The van der Waals surface area contributed by atoms with Crippen LogP contribution in [0.4, 0.5) is 0 Å². The minimum atomic E-state index is -0.452. The summed E-state index contributed by atoms with van der Waals surface area (Å²) in [5.74, 6) is 0.0997. The second-order valence-corrected chi connectivity index (χ2v) is 4.11. The molecule has 2 N–H and O–H groups in total. The van der Waals surface area contributed by atoms with Crippen LogP contribution in [0.1, 0.15) is 32.6 Å². The lowest BCUT2D eigenvalue weighted by Crippen LogP contribution is -2.33. The molecule has 0 aromatic heterocycles. The number of nitrogens with two attached hydrogens (primary N) is 1. The van der Waals surface area contributed by atoms with Crippen LogP contribution in [-0.4, -0.2) is 31.8 Å². The van der Waals surface area contributed by atoms with E-state index in [0.717, 1.165) is 32.3 Å². The zero-order chi connectivity index (χ0) is 11.1. The molecule has 0 radical (unpaired) electrons. The van der Waals surface area contributed by atoms with Crippen molar-refractivity contribution in [3.8, 4) is 0 Å². The summed E-state index contributed by atoms with van der Waals surface area (Å²) in [5, 5.41) is 0. The van der Waals surface area contributed by atoms with Gasteiger partial charge in [-0.1, -0.05) is 19.8 Å². The summed E-state index contributed by atoms with van der Waals surface area (Å²) in [6.45, 7) is 4.02. The number of hydrogen-bond acceptors (Lipinski definition) is 4. The maximum atomic E-state index is 11.4. The lowest BCUT2D eigenvalue weighted by molar-refractivity contribution is -0.146. The lowest BCUT2D eigenvalue weighted by atomic mass is 10.1. The molecule has 0 aromatic rings. The van der Waals surface area contributed by atoms with Crippen molar-refractivity contribution < 1.29 is 14.3 Å². The second kappa shape index (κ2) is 6.80. The van der Waals surface area contributed by atoms with Crippen molar-refractivity contribution in [1.29, 1.82) is 0 Å². The first-order chi connectivity index (χ1) is 7.24. The molecule has 0 aliphatic carbocycles. The molecule has 1 saturated heterocycles. The van der Waals surface area contributed by atoms with E-state index in [2.05, 4.69) is 6.92 Å². The standard InChI is InChI=1S/C11H21NO3/c1-2-3-4-10(12)11(13)15-8-9-5-6-14-7-9/h9-10H,2-8,12H2,1H3. The molecule has 88 valence electrons. The molecule has 0 saturated carbocycles. The fourth-order valence-corrected chi connectivity index (χ4v) is 1.56. The summed E-state index contributed by atoms with van der Waals surface area (Å²) >= 11 is 0. The van der Waals surface area contributed by atoms with Crippen molar-refractivity contribution in [3.63, 3.8) is 0 Å². The topological polar surface area (TPSA) is 61.6 Å². The van der Waals surface area contributed by atoms with Crippen LogP contribution in [0.5, 0.6) is 0 Å². The van der Waals surface area contributed by atoms with Crippen molar-refractivity contribution in [2.45, 2.75) is 38.6 Å². The SMILES string of the molecule is CCCCC(N)C(=O)OCC1CCOC1. The van der Waals surface area contributed by atoms with Gasteiger partial charge in [0.2, 0.25) is 0 Å². The average Bonchev–Trinajstić information content (AvgIpc) is 2.75. The second-order valence-electron chi connectivity index (χ2n) is 4.11. The number of ether oxygens (including phenoxy) is 2. The molecule has 0 amide bonds. The normalized spacial score (nSPS) is 22.7. The van der Waals surface area contributed by atoms with Crippen molar-refractivity contribution in [1.82, 2.24) is 0 Å². The van der Waals surface area contributed by atoms with Gasteiger partial charge < -0.3 is 15.2 Å². The van der Waals surface area contributed by atoms with E-state index < -0.39 is 6.04 Å². The van der Waals surface area contributed by atoms with Crippen molar-refractivity contribution >= 4 is 5.97 Å². The molecule has 15 heavy (non-hydrogen) atoms. The Kier molecular flexibility index (Phi) is 5.65. The summed E-state index contributed by atoms with van der Waals surface area (Å²) in [6.07, 6.45) is 3.73. The van der Waals surface area contributed by atoms with Crippen LogP contribution in [0, 0.1) is 5.92 Å². The van der Waals surface area contributed by atoms with E-state index in [1.54, 1.807) is 0 Å². The molecular weight excluding hydrogens is 194 g/mol. The van der Waals surface area contributed by atoms with E-state index in [4.69, 9.17) is 15.2 Å². The van der Waals surface area contributed by atoms with E-state index in [1.807, 2.05) is 0 Å². The van der Waals surface area contributed by atoms with Crippen LogP contribution in [0.15, 0.2) is 0 Å². The first-order valence-electron chi connectivity index (χ1n) is 5.74. The fraction of sp³-hybridized carbons (Fsp3) is 0.909. The van der Waals surface area contributed by atoms with Crippen molar-refractivity contribution in [2.24, 2.45) is 11.7 Å². The third-order valence-corrected chi connectivity index (χ3v) is 2.66. The number of carbonyl (C=O) groups is 1. The van der Waals surface area contributed by atoms with Crippen molar-refractivity contribution in [3.05, 3.63) is 0 Å². The Morgan fingerprint density at radius 2 is 2.47 bits per heavy atom. The number of unbranched alkanes of at least 4 members (excludes halogenated alkanes) is 1. The molecule has 1 fully saturated rings. The quantitative estimate of drug-likeness (QED) is 0.674.